The topological polar surface area (TPSA) is 86.5 Å². The third-order valence-electron chi connectivity index (χ3n) is 7.07. The number of imidazole rings is 1. The Kier molecular flexibility index (Phi) is 7.62. The minimum atomic E-state index is -0.986. The lowest BCUT2D eigenvalue weighted by Crippen LogP contribution is -2.31. The summed E-state index contributed by atoms with van der Waals surface area (Å²) in [5, 5.41) is 10.4. The molecule has 1 fully saturated rings. The van der Waals surface area contributed by atoms with Crippen molar-refractivity contribution >= 4 is 40.2 Å². The fourth-order valence-electron chi connectivity index (χ4n) is 4.74. The van der Waals surface area contributed by atoms with Gasteiger partial charge in [-0.05, 0) is 54.4 Å². The number of hydrogen-bond donors (Lipinski definition) is 1. The number of pyridine rings is 1. The number of fused-ring (bicyclic) bond motifs is 1. The Balaban J connectivity index is 1.24. The van der Waals surface area contributed by atoms with Crippen molar-refractivity contribution in [3.63, 3.8) is 0 Å². The third kappa shape index (κ3) is 5.91. The van der Waals surface area contributed by atoms with Gasteiger partial charge in [-0.15, -0.1) is 0 Å². The number of aromatic carboxylic acids is 1. The van der Waals surface area contributed by atoms with Crippen LogP contribution in [0.1, 0.15) is 33.7 Å². The fraction of sp³-hybridized carbons (Fsp3) is 0.194. The van der Waals surface area contributed by atoms with Gasteiger partial charge in [0.15, 0.2) is 0 Å². The lowest BCUT2D eigenvalue weighted by Gasteiger charge is -2.27. The van der Waals surface area contributed by atoms with E-state index in [0.29, 0.717) is 40.1 Å². The Morgan fingerprint density at radius 1 is 1.05 bits per heavy atom. The van der Waals surface area contributed by atoms with E-state index in [1.165, 1.54) is 6.07 Å². The van der Waals surface area contributed by atoms with E-state index < -0.39 is 11.8 Å². The first-order valence-electron chi connectivity index (χ1n) is 13.0. The molecular formula is C31H24Cl2FN3O4. The van der Waals surface area contributed by atoms with E-state index in [0.717, 1.165) is 41.0 Å². The van der Waals surface area contributed by atoms with Gasteiger partial charge in [-0.1, -0.05) is 47.5 Å². The van der Waals surface area contributed by atoms with E-state index in [2.05, 4.69) is 4.98 Å². The van der Waals surface area contributed by atoms with E-state index in [4.69, 9.17) is 37.7 Å². The zero-order valence-corrected chi connectivity index (χ0v) is 23.2. The van der Waals surface area contributed by atoms with Crippen molar-refractivity contribution in [3.05, 3.63) is 111 Å². The summed E-state index contributed by atoms with van der Waals surface area (Å²) in [4.78, 5) is 20.9. The van der Waals surface area contributed by atoms with Crippen molar-refractivity contribution in [3.8, 4) is 17.1 Å². The van der Waals surface area contributed by atoms with Gasteiger partial charge < -0.3 is 19.1 Å². The van der Waals surface area contributed by atoms with Gasteiger partial charge in [-0.25, -0.2) is 19.2 Å². The molecule has 10 heteroatoms. The van der Waals surface area contributed by atoms with Crippen LogP contribution < -0.4 is 4.74 Å². The van der Waals surface area contributed by atoms with Gasteiger partial charge in [-0.2, -0.15) is 0 Å². The maximum absolute atomic E-state index is 14.1. The van der Waals surface area contributed by atoms with Crippen molar-refractivity contribution in [1.82, 2.24) is 14.5 Å². The highest BCUT2D eigenvalue weighted by Crippen LogP contribution is 2.29. The smallest absolute Gasteiger partial charge is 0.335 e. The Hall–Kier alpha value is -3.98. The first kappa shape index (κ1) is 27.2. The minimum absolute atomic E-state index is 0.0139. The molecule has 0 spiro atoms. The molecule has 3 heterocycles. The summed E-state index contributed by atoms with van der Waals surface area (Å²) in [5.41, 5.74) is 4.37. The minimum Gasteiger partial charge on any atom is -0.478 e. The highest BCUT2D eigenvalue weighted by Gasteiger charge is 2.23. The Morgan fingerprint density at radius 2 is 1.88 bits per heavy atom. The number of benzene rings is 3. The Labute approximate surface area is 245 Å². The van der Waals surface area contributed by atoms with Gasteiger partial charge in [0.2, 0.25) is 5.88 Å². The van der Waals surface area contributed by atoms with Crippen LogP contribution in [0.25, 0.3) is 22.3 Å². The number of carboxylic acids is 1. The van der Waals surface area contributed by atoms with Crippen LogP contribution in [0.5, 0.6) is 5.88 Å². The standard InChI is InChI=1S/C31H24Cl2FN3O4/c32-22-8-6-21(25(34)15-22)17-41-30-3-1-2-26(36-30)19-5-4-18(24(33)12-19)14-29-35-27-9-7-20(31(38)39)13-28(27)37(29)16-23-10-11-40-23/h1-9,12-13,15,23H,10-11,14,16-17H2,(H,38,39)/t23-/m0/s1. The number of hydrogen-bond acceptors (Lipinski definition) is 5. The van der Waals surface area contributed by atoms with Crippen molar-refractivity contribution < 1.29 is 23.8 Å². The van der Waals surface area contributed by atoms with Crippen LogP contribution in [-0.4, -0.2) is 38.3 Å². The predicted octanol–water partition coefficient (Wildman–Crippen LogP) is 7.20. The molecule has 0 amide bonds. The van der Waals surface area contributed by atoms with Gasteiger partial charge >= 0.3 is 5.97 Å². The van der Waals surface area contributed by atoms with E-state index in [1.807, 2.05) is 34.9 Å². The molecular weight excluding hydrogens is 568 g/mol. The molecule has 1 atom stereocenters. The van der Waals surface area contributed by atoms with Gasteiger partial charge in [0, 0.05) is 40.3 Å². The lowest BCUT2D eigenvalue weighted by atomic mass is 10.1. The number of carboxylic acid groups (broad SMARTS) is 1. The lowest BCUT2D eigenvalue weighted by molar-refractivity contribution is -0.0589. The maximum Gasteiger partial charge on any atom is 0.335 e. The normalized spacial score (nSPS) is 14.7. The molecule has 1 N–H and O–H groups in total. The molecule has 7 nitrogen and oxygen atoms in total. The molecule has 1 saturated heterocycles. The van der Waals surface area contributed by atoms with Gasteiger partial charge in [0.1, 0.15) is 18.2 Å². The average molecular weight is 592 g/mol. The van der Waals surface area contributed by atoms with E-state index >= 15 is 0 Å². The zero-order chi connectivity index (χ0) is 28.5. The Morgan fingerprint density at radius 3 is 2.61 bits per heavy atom. The summed E-state index contributed by atoms with van der Waals surface area (Å²) < 4.78 is 27.5. The summed E-state index contributed by atoms with van der Waals surface area (Å²) in [6.45, 7) is 1.32. The van der Waals surface area contributed by atoms with Crippen LogP contribution >= 0.6 is 23.2 Å². The van der Waals surface area contributed by atoms with Gasteiger partial charge in [0.05, 0.1) is 34.9 Å². The first-order valence-corrected chi connectivity index (χ1v) is 13.8. The van der Waals surface area contributed by atoms with Crippen LogP contribution in [0.3, 0.4) is 0 Å². The summed E-state index contributed by atoms with van der Waals surface area (Å²) in [6, 6.07) is 20.4. The SMILES string of the molecule is O=C(O)c1ccc2nc(Cc3ccc(-c4cccc(OCc5ccc(Cl)cc5F)n4)cc3Cl)n(C[C@@H]3CCO3)c2c1. The van der Waals surface area contributed by atoms with Crippen LogP contribution in [-0.2, 0) is 24.3 Å². The molecule has 0 aliphatic carbocycles. The molecule has 2 aromatic heterocycles. The number of carbonyl (C=O) groups is 1. The van der Waals surface area contributed by atoms with Crippen LogP contribution in [0.4, 0.5) is 4.39 Å². The number of aromatic nitrogens is 3. The molecule has 3 aromatic carbocycles. The summed E-state index contributed by atoms with van der Waals surface area (Å²) >= 11 is 12.6. The predicted molar refractivity (Wildman–Crippen MR) is 154 cm³/mol. The van der Waals surface area contributed by atoms with E-state index in [-0.39, 0.29) is 18.3 Å². The first-order chi connectivity index (χ1) is 19.8. The van der Waals surface area contributed by atoms with Gasteiger partial charge in [-0.3, -0.25) is 0 Å². The molecule has 41 heavy (non-hydrogen) atoms. The Bertz CT molecular complexity index is 1770. The van der Waals surface area contributed by atoms with Crippen molar-refractivity contribution in [2.24, 2.45) is 0 Å². The molecule has 0 unspecified atom stereocenters. The van der Waals surface area contributed by atoms with Gasteiger partial charge in [0.25, 0.3) is 0 Å². The number of halogens is 3. The largest absolute Gasteiger partial charge is 0.478 e. The fourth-order valence-corrected chi connectivity index (χ4v) is 5.15. The van der Waals surface area contributed by atoms with E-state index in [9.17, 15) is 14.3 Å². The average Bonchev–Trinajstić information content (AvgIpc) is 3.27. The van der Waals surface area contributed by atoms with Crippen LogP contribution in [0.2, 0.25) is 10.0 Å². The molecule has 0 radical (unpaired) electrons. The molecule has 5 aromatic rings. The molecule has 208 valence electrons. The van der Waals surface area contributed by atoms with Crippen LogP contribution in [0.15, 0.2) is 72.8 Å². The highest BCUT2D eigenvalue weighted by molar-refractivity contribution is 6.31. The second-order valence-electron chi connectivity index (χ2n) is 9.80. The van der Waals surface area contributed by atoms with E-state index in [1.54, 1.807) is 36.4 Å². The molecule has 6 rings (SSSR count). The van der Waals surface area contributed by atoms with Crippen LogP contribution in [0, 0.1) is 5.82 Å². The van der Waals surface area contributed by atoms with Crippen molar-refractivity contribution in [2.45, 2.75) is 32.1 Å². The zero-order valence-electron chi connectivity index (χ0n) is 21.7. The molecule has 1 aliphatic rings. The van der Waals surface area contributed by atoms with Crippen molar-refractivity contribution in [1.29, 1.82) is 0 Å². The molecule has 1 aliphatic heterocycles. The third-order valence-corrected chi connectivity index (χ3v) is 7.65. The molecule has 0 bridgehead atoms. The summed E-state index contributed by atoms with van der Waals surface area (Å²) in [5.74, 6) is -0.299. The number of nitrogens with zero attached hydrogens (tertiary/aromatic N) is 3. The highest BCUT2D eigenvalue weighted by atomic mass is 35.5. The second kappa shape index (κ2) is 11.5. The monoisotopic (exact) mass is 591 g/mol. The number of ether oxygens (including phenoxy) is 2. The quantitative estimate of drug-likeness (QED) is 0.195. The van der Waals surface area contributed by atoms with Crippen molar-refractivity contribution in [2.75, 3.05) is 6.61 Å². The maximum atomic E-state index is 14.1. The summed E-state index contributed by atoms with van der Waals surface area (Å²) in [7, 11) is 0. The molecule has 0 saturated carbocycles. The summed E-state index contributed by atoms with van der Waals surface area (Å²) in [6.07, 6.45) is 1.46. The number of rotatable bonds is 9. The second-order valence-corrected chi connectivity index (χ2v) is 10.6.